The minimum atomic E-state index is -3.63. The monoisotopic (exact) mass is 374 g/mol. The van der Waals surface area contributed by atoms with Crippen LogP contribution in [0.3, 0.4) is 0 Å². The van der Waals surface area contributed by atoms with Gasteiger partial charge in [-0.25, -0.2) is 18.1 Å². The second-order valence-corrected chi connectivity index (χ2v) is 7.23. The van der Waals surface area contributed by atoms with Crippen LogP contribution in [0.25, 0.3) is 0 Å². The summed E-state index contributed by atoms with van der Waals surface area (Å²) in [5.41, 5.74) is 0.872. The summed E-state index contributed by atoms with van der Waals surface area (Å²) in [4.78, 5) is 3.87. The van der Waals surface area contributed by atoms with Gasteiger partial charge in [-0.2, -0.15) is 0 Å². The first-order valence-corrected chi connectivity index (χ1v) is 8.43. The SMILES string of the molecule is CC(NS(=O)(=O)c1ccnc(Cl)c1)c1ccc(Br)cc1. The normalized spacial score (nSPS) is 13.2. The van der Waals surface area contributed by atoms with E-state index in [-0.39, 0.29) is 16.1 Å². The highest BCUT2D eigenvalue weighted by molar-refractivity contribution is 9.10. The molecule has 7 heteroatoms. The van der Waals surface area contributed by atoms with Crippen LogP contribution in [0.4, 0.5) is 0 Å². The van der Waals surface area contributed by atoms with Gasteiger partial charge in [-0.15, -0.1) is 0 Å². The Bertz CT molecular complexity index is 705. The third-order valence-corrected chi connectivity index (χ3v) is 4.98. The van der Waals surface area contributed by atoms with Crippen LogP contribution < -0.4 is 4.72 Å². The third-order valence-electron chi connectivity index (χ3n) is 2.71. The molecule has 1 aromatic carbocycles. The molecule has 4 nitrogen and oxygen atoms in total. The van der Waals surface area contributed by atoms with Crippen molar-refractivity contribution in [2.75, 3.05) is 0 Å². The van der Waals surface area contributed by atoms with Crippen molar-refractivity contribution in [2.24, 2.45) is 0 Å². The Hall–Kier alpha value is -0.950. The van der Waals surface area contributed by atoms with Gasteiger partial charge in [0.25, 0.3) is 0 Å². The first-order valence-electron chi connectivity index (χ1n) is 5.78. The molecule has 0 aliphatic carbocycles. The van der Waals surface area contributed by atoms with Gasteiger partial charge in [0.1, 0.15) is 5.15 Å². The number of nitrogens with zero attached hydrogens (tertiary/aromatic N) is 1. The molecule has 2 aromatic rings. The number of halogens is 2. The van der Waals surface area contributed by atoms with Crippen LogP contribution in [0, 0.1) is 0 Å². The average molecular weight is 376 g/mol. The topological polar surface area (TPSA) is 59.1 Å². The number of hydrogen-bond donors (Lipinski definition) is 1. The van der Waals surface area contributed by atoms with Crippen molar-refractivity contribution in [3.63, 3.8) is 0 Å². The minimum absolute atomic E-state index is 0.0986. The van der Waals surface area contributed by atoms with Gasteiger partial charge in [0.05, 0.1) is 4.90 Å². The van der Waals surface area contributed by atoms with Gasteiger partial charge in [0.15, 0.2) is 0 Å². The number of sulfonamides is 1. The molecule has 1 aromatic heterocycles. The summed E-state index contributed by atoms with van der Waals surface area (Å²) in [6.45, 7) is 1.78. The third kappa shape index (κ3) is 3.79. The largest absolute Gasteiger partial charge is 0.244 e. The van der Waals surface area contributed by atoms with Gasteiger partial charge in [-0.3, -0.25) is 0 Å². The van der Waals surface area contributed by atoms with Crippen LogP contribution >= 0.6 is 27.5 Å². The van der Waals surface area contributed by atoms with E-state index < -0.39 is 10.0 Å². The first kappa shape index (κ1) is 15.4. The molecule has 106 valence electrons. The molecule has 1 N–H and O–H groups in total. The molecule has 1 heterocycles. The van der Waals surface area contributed by atoms with Crippen molar-refractivity contribution in [1.29, 1.82) is 0 Å². The molecule has 20 heavy (non-hydrogen) atoms. The van der Waals surface area contributed by atoms with E-state index in [1.807, 2.05) is 24.3 Å². The smallest absolute Gasteiger partial charge is 0.241 e. The number of nitrogens with one attached hydrogen (secondary N) is 1. The van der Waals surface area contributed by atoms with Crippen LogP contribution in [-0.4, -0.2) is 13.4 Å². The van der Waals surface area contributed by atoms with Gasteiger partial charge in [-0.1, -0.05) is 39.7 Å². The lowest BCUT2D eigenvalue weighted by Gasteiger charge is -2.14. The molecule has 2 rings (SSSR count). The predicted molar refractivity (Wildman–Crippen MR) is 82.1 cm³/mol. The lowest BCUT2D eigenvalue weighted by molar-refractivity contribution is 0.567. The van der Waals surface area contributed by atoms with Crippen molar-refractivity contribution in [1.82, 2.24) is 9.71 Å². The Kier molecular flexibility index (Phi) is 4.80. The Morgan fingerprint density at radius 3 is 2.50 bits per heavy atom. The van der Waals surface area contributed by atoms with Gasteiger partial charge in [0, 0.05) is 16.7 Å². The van der Waals surface area contributed by atoms with Crippen LogP contribution in [0.15, 0.2) is 52.0 Å². The quantitative estimate of drug-likeness (QED) is 0.832. The first-order chi connectivity index (χ1) is 9.38. The fraction of sp³-hybridized carbons (Fsp3) is 0.154. The van der Waals surface area contributed by atoms with Crippen molar-refractivity contribution in [3.05, 3.63) is 57.8 Å². The molecular formula is C13H12BrClN2O2S. The van der Waals surface area contributed by atoms with Gasteiger partial charge < -0.3 is 0 Å². The number of benzene rings is 1. The van der Waals surface area contributed by atoms with Gasteiger partial charge in [-0.05, 0) is 36.8 Å². The Morgan fingerprint density at radius 2 is 1.90 bits per heavy atom. The maximum atomic E-state index is 12.2. The van der Waals surface area contributed by atoms with Crippen molar-refractivity contribution < 1.29 is 8.42 Å². The molecule has 0 saturated heterocycles. The summed E-state index contributed by atoms with van der Waals surface area (Å²) >= 11 is 9.05. The highest BCUT2D eigenvalue weighted by Gasteiger charge is 2.18. The number of pyridine rings is 1. The van der Waals surface area contributed by atoms with Gasteiger partial charge in [0.2, 0.25) is 10.0 Å². The molecule has 0 fully saturated rings. The van der Waals surface area contributed by atoms with Gasteiger partial charge >= 0.3 is 0 Å². The summed E-state index contributed by atoms with van der Waals surface area (Å²) in [6.07, 6.45) is 1.36. The standard InChI is InChI=1S/C13H12BrClN2O2S/c1-9(10-2-4-11(14)5-3-10)17-20(18,19)12-6-7-16-13(15)8-12/h2-9,17H,1H3. The van der Waals surface area contributed by atoms with E-state index in [1.165, 1.54) is 18.3 Å². The summed E-state index contributed by atoms with van der Waals surface area (Å²) in [5.74, 6) is 0. The maximum absolute atomic E-state index is 12.2. The maximum Gasteiger partial charge on any atom is 0.241 e. The van der Waals surface area contributed by atoms with E-state index in [2.05, 4.69) is 25.6 Å². The number of hydrogen-bond acceptors (Lipinski definition) is 3. The Balaban J connectivity index is 2.22. The molecule has 0 radical (unpaired) electrons. The molecule has 0 bridgehead atoms. The molecule has 0 saturated carbocycles. The zero-order chi connectivity index (χ0) is 14.8. The van der Waals surface area contributed by atoms with E-state index in [9.17, 15) is 8.42 Å². The highest BCUT2D eigenvalue weighted by Crippen LogP contribution is 2.20. The van der Waals surface area contributed by atoms with E-state index in [0.29, 0.717) is 0 Å². The minimum Gasteiger partial charge on any atom is -0.244 e. The van der Waals surface area contributed by atoms with Crippen LogP contribution in [0.1, 0.15) is 18.5 Å². The average Bonchev–Trinajstić information content (AvgIpc) is 2.39. The number of rotatable bonds is 4. The summed E-state index contributed by atoms with van der Waals surface area (Å²) in [6, 6.07) is 9.82. The second kappa shape index (κ2) is 6.22. The van der Waals surface area contributed by atoms with Crippen LogP contribution in [0.2, 0.25) is 5.15 Å². The molecule has 0 aliphatic heterocycles. The summed E-state index contributed by atoms with van der Waals surface area (Å²) < 4.78 is 28.0. The van der Waals surface area contributed by atoms with E-state index in [0.717, 1.165) is 10.0 Å². The fourth-order valence-electron chi connectivity index (χ4n) is 1.67. The van der Waals surface area contributed by atoms with Crippen molar-refractivity contribution in [3.8, 4) is 0 Å². The molecule has 0 aliphatic rings. The van der Waals surface area contributed by atoms with E-state index in [1.54, 1.807) is 6.92 Å². The van der Waals surface area contributed by atoms with E-state index in [4.69, 9.17) is 11.6 Å². The van der Waals surface area contributed by atoms with Crippen molar-refractivity contribution >= 4 is 37.6 Å². The predicted octanol–water partition coefficient (Wildman–Crippen LogP) is 3.54. The van der Waals surface area contributed by atoms with Crippen molar-refractivity contribution in [2.45, 2.75) is 17.9 Å². The fourth-order valence-corrected chi connectivity index (χ4v) is 3.42. The lowest BCUT2D eigenvalue weighted by Crippen LogP contribution is -2.26. The number of aromatic nitrogens is 1. The Labute approximate surface area is 131 Å². The molecule has 1 unspecified atom stereocenters. The summed E-state index contributed by atoms with van der Waals surface area (Å²) in [5, 5.41) is 0.143. The van der Waals surface area contributed by atoms with E-state index >= 15 is 0 Å². The van der Waals surface area contributed by atoms with Crippen LogP contribution in [-0.2, 0) is 10.0 Å². The molecule has 1 atom stereocenters. The zero-order valence-corrected chi connectivity index (χ0v) is 13.7. The molecule has 0 amide bonds. The van der Waals surface area contributed by atoms with Crippen LogP contribution in [0.5, 0.6) is 0 Å². The lowest BCUT2D eigenvalue weighted by atomic mass is 10.1. The summed E-state index contributed by atoms with van der Waals surface area (Å²) in [7, 11) is -3.63. The molecular weight excluding hydrogens is 364 g/mol. The zero-order valence-electron chi connectivity index (χ0n) is 10.5. The Morgan fingerprint density at radius 1 is 1.25 bits per heavy atom. The second-order valence-electron chi connectivity index (χ2n) is 4.21. The molecule has 0 spiro atoms. The highest BCUT2D eigenvalue weighted by atomic mass is 79.9.